The van der Waals surface area contributed by atoms with Crippen molar-refractivity contribution in [1.29, 1.82) is 0 Å². The highest BCUT2D eigenvalue weighted by atomic mass is 32.2. The molecule has 18 heavy (non-hydrogen) atoms. The zero-order valence-electron chi connectivity index (χ0n) is 10.8. The Morgan fingerprint density at radius 3 is 2.89 bits per heavy atom. The lowest BCUT2D eigenvalue weighted by molar-refractivity contribution is 0.877. The fourth-order valence-electron chi connectivity index (χ4n) is 2.28. The van der Waals surface area contributed by atoms with E-state index in [-0.39, 0.29) is 0 Å². The maximum atomic E-state index is 4.62. The van der Waals surface area contributed by atoms with E-state index in [0.717, 1.165) is 17.2 Å². The molecule has 4 heteroatoms. The summed E-state index contributed by atoms with van der Waals surface area (Å²) in [6.45, 7) is 4.75. The number of fused-ring (bicyclic) bond motifs is 3. The number of nitrogens with zero attached hydrogens (tertiary/aromatic N) is 3. The van der Waals surface area contributed by atoms with Crippen LogP contribution >= 0.6 is 11.8 Å². The van der Waals surface area contributed by atoms with Gasteiger partial charge in [0.2, 0.25) is 0 Å². The molecule has 1 aromatic carbocycles. The van der Waals surface area contributed by atoms with Crippen LogP contribution in [0.2, 0.25) is 0 Å². The molecule has 2 heterocycles. The molecule has 3 nitrogen and oxygen atoms in total. The number of aryl methyl sites for hydroxylation is 1. The third-order valence-electron chi connectivity index (χ3n) is 3.21. The first-order valence-corrected chi connectivity index (χ1v) is 7.16. The van der Waals surface area contributed by atoms with Gasteiger partial charge in [0.25, 0.3) is 0 Å². The van der Waals surface area contributed by atoms with Gasteiger partial charge in [0, 0.05) is 22.4 Å². The molecular formula is C14H15N3S. The van der Waals surface area contributed by atoms with Crippen LogP contribution in [0.15, 0.2) is 34.3 Å². The molecule has 0 saturated heterocycles. The van der Waals surface area contributed by atoms with E-state index in [2.05, 4.69) is 52.1 Å². The molecule has 0 radical (unpaired) electrons. The summed E-state index contributed by atoms with van der Waals surface area (Å²) in [6, 6.07) is 6.53. The highest BCUT2D eigenvalue weighted by Crippen LogP contribution is 2.26. The largest absolute Gasteiger partial charge is 0.301 e. The van der Waals surface area contributed by atoms with Crippen molar-refractivity contribution in [3.05, 3.63) is 41.5 Å². The van der Waals surface area contributed by atoms with Crippen LogP contribution in [0, 0.1) is 6.92 Å². The van der Waals surface area contributed by atoms with E-state index >= 15 is 0 Å². The summed E-state index contributed by atoms with van der Waals surface area (Å²) < 4.78 is 2.16. The lowest BCUT2D eigenvalue weighted by Gasteiger charge is -2.10. The molecule has 0 spiro atoms. The molecule has 1 aliphatic rings. The predicted molar refractivity (Wildman–Crippen MR) is 76.0 cm³/mol. The number of aromatic nitrogens is 2. The van der Waals surface area contributed by atoms with Crippen LogP contribution in [-0.4, -0.2) is 21.5 Å². The van der Waals surface area contributed by atoms with E-state index in [4.69, 9.17) is 0 Å². The van der Waals surface area contributed by atoms with E-state index in [1.807, 2.05) is 6.92 Å². The Balaban J connectivity index is 2.27. The third kappa shape index (κ3) is 1.77. The molecule has 92 valence electrons. The summed E-state index contributed by atoms with van der Waals surface area (Å²) in [4.78, 5) is 10.4. The zero-order valence-corrected chi connectivity index (χ0v) is 11.6. The maximum Gasteiger partial charge on any atom is 0.135 e. The quantitative estimate of drug-likeness (QED) is 0.734. The van der Waals surface area contributed by atoms with Crippen LogP contribution < -0.4 is 0 Å². The van der Waals surface area contributed by atoms with Crippen molar-refractivity contribution in [3.8, 4) is 5.69 Å². The Kier molecular flexibility index (Phi) is 2.74. The number of hydrogen-bond acceptors (Lipinski definition) is 3. The van der Waals surface area contributed by atoms with E-state index in [0.29, 0.717) is 6.54 Å². The SMILES string of the molecule is CSc1ccc2c(c1)C(C)=NCc1nc(C)cn1-2. The van der Waals surface area contributed by atoms with Crippen LogP contribution in [0.4, 0.5) is 0 Å². The van der Waals surface area contributed by atoms with Gasteiger partial charge in [-0.1, -0.05) is 0 Å². The van der Waals surface area contributed by atoms with Crippen molar-refractivity contribution >= 4 is 17.5 Å². The Hall–Kier alpha value is -1.55. The van der Waals surface area contributed by atoms with Gasteiger partial charge in [0.05, 0.1) is 17.9 Å². The lowest BCUT2D eigenvalue weighted by Crippen LogP contribution is -2.02. The van der Waals surface area contributed by atoms with Crippen molar-refractivity contribution in [2.45, 2.75) is 25.3 Å². The molecular weight excluding hydrogens is 242 g/mol. The summed E-state index contributed by atoms with van der Waals surface area (Å²) in [5.41, 5.74) is 4.52. The van der Waals surface area contributed by atoms with Gasteiger partial charge in [0.1, 0.15) is 5.82 Å². The molecule has 0 fully saturated rings. The van der Waals surface area contributed by atoms with Crippen molar-refractivity contribution < 1.29 is 0 Å². The Bertz CT molecular complexity index is 640. The molecule has 0 unspecified atom stereocenters. The number of benzene rings is 1. The summed E-state index contributed by atoms with van der Waals surface area (Å²) in [7, 11) is 0. The Morgan fingerprint density at radius 1 is 1.28 bits per heavy atom. The maximum absolute atomic E-state index is 4.62. The average molecular weight is 257 g/mol. The molecule has 2 aromatic rings. The average Bonchev–Trinajstić information content (AvgIpc) is 2.70. The summed E-state index contributed by atoms with van der Waals surface area (Å²) >= 11 is 1.76. The third-order valence-corrected chi connectivity index (χ3v) is 3.94. The second-order valence-corrected chi connectivity index (χ2v) is 5.33. The van der Waals surface area contributed by atoms with Gasteiger partial charge in [-0.15, -0.1) is 11.8 Å². The normalized spacial score (nSPS) is 13.6. The van der Waals surface area contributed by atoms with Crippen molar-refractivity contribution in [2.24, 2.45) is 4.99 Å². The van der Waals surface area contributed by atoms with Crippen LogP contribution in [0.25, 0.3) is 5.69 Å². The van der Waals surface area contributed by atoms with Crippen LogP contribution in [-0.2, 0) is 6.54 Å². The molecule has 0 amide bonds. The molecule has 0 aliphatic carbocycles. The number of rotatable bonds is 1. The van der Waals surface area contributed by atoms with E-state index in [1.54, 1.807) is 11.8 Å². The molecule has 1 aromatic heterocycles. The monoisotopic (exact) mass is 257 g/mol. The fraction of sp³-hybridized carbons (Fsp3) is 0.286. The molecule has 0 saturated carbocycles. The number of aliphatic imine (C=N–C) groups is 1. The highest BCUT2D eigenvalue weighted by molar-refractivity contribution is 7.98. The second kappa shape index (κ2) is 4.28. The molecule has 1 aliphatic heterocycles. The standard InChI is InChI=1S/C14H15N3S/c1-9-8-17-13-5-4-11(18-3)6-12(13)10(2)15-7-14(17)16-9/h4-6,8H,7H2,1-3H3. The summed E-state index contributed by atoms with van der Waals surface area (Å²) in [6.07, 6.45) is 4.18. The highest BCUT2D eigenvalue weighted by Gasteiger charge is 2.16. The topological polar surface area (TPSA) is 30.2 Å². The Morgan fingerprint density at radius 2 is 2.11 bits per heavy atom. The van der Waals surface area contributed by atoms with Crippen LogP contribution in [0.5, 0.6) is 0 Å². The van der Waals surface area contributed by atoms with Gasteiger partial charge < -0.3 is 4.57 Å². The van der Waals surface area contributed by atoms with Crippen molar-refractivity contribution in [2.75, 3.05) is 6.26 Å². The minimum absolute atomic E-state index is 0.656. The van der Waals surface area contributed by atoms with Crippen molar-refractivity contribution in [3.63, 3.8) is 0 Å². The number of thioether (sulfide) groups is 1. The van der Waals surface area contributed by atoms with Gasteiger partial charge in [-0.3, -0.25) is 4.99 Å². The van der Waals surface area contributed by atoms with E-state index < -0.39 is 0 Å². The first kappa shape index (κ1) is 11.5. The molecule has 0 N–H and O–H groups in total. The van der Waals surface area contributed by atoms with Crippen LogP contribution in [0.3, 0.4) is 0 Å². The second-order valence-electron chi connectivity index (χ2n) is 4.45. The first-order chi connectivity index (χ1) is 8.69. The first-order valence-electron chi connectivity index (χ1n) is 5.94. The van der Waals surface area contributed by atoms with Gasteiger partial charge >= 0.3 is 0 Å². The van der Waals surface area contributed by atoms with Gasteiger partial charge in [-0.2, -0.15) is 0 Å². The van der Waals surface area contributed by atoms with Crippen molar-refractivity contribution in [1.82, 2.24) is 9.55 Å². The minimum atomic E-state index is 0.656. The predicted octanol–water partition coefficient (Wildman–Crippen LogP) is 3.23. The summed E-state index contributed by atoms with van der Waals surface area (Å²) in [5, 5.41) is 0. The minimum Gasteiger partial charge on any atom is -0.301 e. The zero-order chi connectivity index (χ0) is 12.7. The van der Waals surface area contributed by atoms with Gasteiger partial charge in [-0.05, 0) is 38.3 Å². The lowest BCUT2D eigenvalue weighted by atomic mass is 10.1. The smallest absolute Gasteiger partial charge is 0.135 e. The molecule has 3 rings (SSSR count). The fourth-order valence-corrected chi connectivity index (χ4v) is 2.72. The Labute approximate surface area is 111 Å². The van der Waals surface area contributed by atoms with E-state index in [1.165, 1.54) is 16.1 Å². The molecule has 0 atom stereocenters. The van der Waals surface area contributed by atoms with Gasteiger partial charge in [0.15, 0.2) is 0 Å². The summed E-state index contributed by atoms with van der Waals surface area (Å²) in [5.74, 6) is 1.02. The van der Waals surface area contributed by atoms with Crippen LogP contribution in [0.1, 0.15) is 24.0 Å². The molecule has 0 bridgehead atoms. The van der Waals surface area contributed by atoms with E-state index in [9.17, 15) is 0 Å². The number of hydrogen-bond donors (Lipinski definition) is 0. The number of imidazole rings is 1. The van der Waals surface area contributed by atoms with Gasteiger partial charge in [-0.25, -0.2) is 4.98 Å².